The third kappa shape index (κ3) is 6.47. The molecular weight excluding hydrogens is 587 g/mol. The number of hydrogen-bond acceptors (Lipinski definition) is 5. The normalized spacial score (nSPS) is 11.7. The maximum Gasteiger partial charge on any atom is 0.418 e. The van der Waals surface area contributed by atoms with Gasteiger partial charge in [-0.3, -0.25) is 0 Å². The minimum atomic E-state index is -4.65. The van der Waals surface area contributed by atoms with E-state index in [9.17, 15) is 18.4 Å². The smallest absolute Gasteiger partial charge is 0.382 e. The fourth-order valence-electron chi connectivity index (χ4n) is 3.57. The first-order chi connectivity index (χ1) is 16.5. The van der Waals surface area contributed by atoms with Crippen molar-refractivity contribution in [3.63, 3.8) is 0 Å². The average molecular weight is 609 g/mol. The van der Waals surface area contributed by atoms with E-state index in [4.69, 9.17) is 5.73 Å². The number of aromatic nitrogens is 1. The number of aryl methyl sites for hydroxylation is 1. The molecule has 0 radical (unpaired) electrons. The van der Waals surface area contributed by atoms with Crippen LogP contribution in [0.25, 0.3) is 0 Å². The van der Waals surface area contributed by atoms with Gasteiger partial charge in [-0.1, -0.05) is 53.5 Å². The van der Waals surface area contributed by atoms with Gasteiger partial charge in [0.05, 0.1) is 16.8 Å². The maximum atomic E-state index is 13.5. The van der Waals surface area contributed by atoms with Gasteiger partial charge < -0.3 is 5.73 Å². The molecule has 0 spiro atoms. The molecule has 0 bridgehead atoms. The van der Waals surface area contributed by atoms with Gasteiger partial charge in [0.25, 0.3) is 0 Å². The highest BCUT2D eigenvalue weighted by Crippen LogP contribution is 2.43. The number of alkyl halides is 3. The second-order valence-corrected chi connectivity index (χ2v) is 9.75. The minimum Gasteiger partial charge on any atom is -0.382 e. The van der Waals surface area contributed by atoms with Crippen molar-refractivity contribution in [3.8, 4) is 6.07 Å². The lowest BCUT2D eigenvalue weighted by atomic mass is 9.99. The highest BCUT2D eigenvalue weighted by atomic mass is 79.9. The van der Waals surface area contributed by atoms with Crippen LogP contribution in [-0.4, -0.2) is 4.98 Å². The van der Waals surface area contributed by atoms with Crippen molar-refractivity contribution in [1.82, 2.24) is 4.98 Å². The zero-order valence-corrected chi connectivity index (χ0v) is 22.2. The predicted molar refractivity (Wildman–Crippen MR) is 137 cm³/mol. The average Bonchev–Trinajstić information content (AvgIpc) is 2.78. The molecular formula is C25H22Br2F3N5. The Kier molecular flexibility index (Phi) is 8.67. The Balaban J connectivity index is 1.97. The fourth-order valence-corrected chi connectivity index (χ4v) is 4.87. The summed E-state index contributed by atoms with van der Waals surface area (Å²) in [6, 6.07) is 12.6. The number of nitrogens with zero attached hydrogens (tertiary/aromatic N) is 4. The predicted octanol–water partition coefficient (Wildman–Crippen LogP) is 8.74. The molecule has 1 aromatic heterocycles. The highest BCUT2D eigenvalue weighted by Gasteiger charge is 2.35. The molecule has 0 saturated heterocycles. The summed E-state index contributed by atoms with van der Waals surface area (Å²) >= 11 is 6.17. The second-order valence-electron chi connectivity index (χ2n) is 7.98. The quantitative estimate of drug-likeness (QED) is 0.272. The van der Waals surface area contributed by atoms with Crippen LogP contribution in [0.1, 0.15) is 53.3 Å². The Labute approximate surface area is 218 Å². The summed E-state index contributed by atoms with van der Waals surface area (Å²) in [7, 11) is 0. The number of nitrogens with two attached hydrogens (primary N) is 1. The number of halogens is 5. The van der Waals surface area contributed by atoms with Crippen molar-refractivity contribution < 1.29 is 13.2 Å². The first kappa shape index (κ1) is 26.8. The maximum absolute atomic E-state index is 13.5. The van der Waals surface area contributed by atoms with Gasteiger partial charge in [-0.25, -0.2) is 4.98 Å². The topological polar surface area (TPSA) is 87.4 Å². The van der Waals surface area contributed by atoms with Crippen LogP contribution in [0.4, 0.5) is 30.4 Å². The van der Waals surface area contributed by atoms with Crippen molar-refractivity contribution >= 4 is 49.1 Å². The van der Waals surface area contributed by atoms with E-state index in [1.807, 2.05) is 12.1 Å². The molecule has 0 atom stereocenters. The van der Waals surface area contributed by atoms with E-state index in [1.165, 1.54) is 11.6 Å². The fraction of sp³-hybridized carbons (Fsp3) is 0.280. The molecule has 0 aliphatic carbocycles. The van der Waals surface area contributed by atoms with Crippen molar-refractivity contribution in [2.45, 2.75) is 45.7 Å². The monoisotopic (exact) mass is 607 g/mol. The van der Waals surface area contributed by atoms with Gasteiger partial charge in [0.15, 0.2) is 5.82 Å². The molecule has 35 heavy (non-hydrogen) atoms. The van der Waals surface area contributed by atoms with Gasteiger partial charge in [-0.2, -0.15) is 18.4 Å². The van der Waals surface area contributed by atoms with Gasteiger partial charge >= 0.3 is 6.18 Å². The number of anilines is 1. The lowest BCUT2D eigenvalue weighted by molar-refractivity contribution is -0.137. The molecule has 0 saturated carbocycles. The number of nitrogen functional groups attached to an aromatic ring is 1. The molecule has 0 unspecified atom stereocenters. The molecule has 0 fully saturated rings. The van der Waals surface area contributed by atoms with E-state index in [0.717, 1.165) is 30.9 Å². The van der Waals surface area contributed by atoms with Crippen LogP contribution in [-0.2, 0) is 19.0 Å². The summed E-state index contributed by atoms with van der Waals surface area (Å²) in [5.74, 6) is -0.0124. The lowest BCUT2D eigenvalue weighted by Crippen LogP contribution is -2.06. The van der Waals surface area contributed by atoms with Crippen LogP contribution in [0.15, 0.2) is 55.6 Å². The number of rotatable bonds is 7. The van der Waals surface area contributed by atoms with Gasteiger partial charge in [-0.05, 0) is 64.5 Å². The van der Waals surface area contributed by atoms with Crippen molar-refractivity contribution in [1.29, 1.82) is 5.26 Å². The standard InChI is InChI=1S/C25H22Br2F3N5/c1-3-4-5-15-6-8-16(9-7-15)10-21-18(13-31)14(2)22(24(32)33-21)34-35-23-19(25(28,29)30)11-17(26)12-20(23)27/h6-9,11-12H,3-5,10H2,1-2H3,(H2,32,33). The van der Waals surface area contributed by atoms with Gasteiger partial charge in [0.2, 0.25) is 0 Å². The van der Waals surface area contributed by atoms with E-state index in [1.54, 1.807) is 6.92 Å². The van der Waals surface area contributed by atoms with Crippen LogP contribution in [0.5, 0.6) is 0 Å². The second kappa shape index (κ2) is 11.3. The molecule has 0 amide bonds. The Morgan fingerprint density at radius 1 is 1.06 bits per heavy atom. The van der Waals surface area contributed by atoms with E-state index in [0.29, 0.717) is 17.7 Å². The molecule has 3 aromatic rings. The number of benzene rings is 2. The van der Waals surface area contributed by atoms with E-state index in [2.05, 4.69) is 72.2 Å². The summed E-state index contributed by atoms with van der Waals surface area (Å²) in [6.07, 6.45) is -1.01. The number of nitriles is 1. The molecule has 5 nitrogen and oxygen atoms in total. The molecule has 3 rings (SSSR count). The van der Waals surface area contributed by atoms with Crippen LogP contribution >= 0.6 is 31.9 Å². The van der Waals surface area contributed by atoms with Crippen molar-refractivity contribution in [2.75, 3.05) is 5.73 Å². The molecule has 0 aliphatic heterocycles. The molecule has 182 valence electrons. The van der Waals surface area contributed by atoms with Crippen LogP contribution in [0.2, 0.25) is 0 Å². The van der Waals surface area contributed by atoms with Crippen molar-refractivity contribution in [3.05, 3.63) is 78.9 Å². The summed E-state index contributed by atoms with van der Waals surface area (Å²) in [6.45, 7) is 3.77. The van der Waals surface area contributed by atoms with Crippen molar-refractivity contribution in [2.24, 2.45) is 10.2 Å². The summed E-state index contributed by atoms with van der Waals surface area (Å²) in [5.41, 5.74) is 8.17. The van der Waals surface area contributed by atoms with Gasteiger partial charge in [0, 0.05) is 15.4 Å². The lowest BCUT2D eigenvalue weighted by Gasteiger charge is -2.13. The zero-order chi connectivity index (χ0) is 25.8. The first-order valence-corrected chi connectivity index (χ1v) is 12.4. The number of hydrogen-bond donors (Lipinski definition) is 1. The number of unbranched alkanes of at least 4 members (excludes halogenated alkanes) is 1. The third-order valence-electron chi connectivity index (χ3n) is 5.43. The Hall–Kier alpha value is -2.77. The molecule has 2 N–H and O–H groups in total. The van der Waals surface area contributed by atoms with E-state index >= 15 is 0 Å². The molecule has 0 aliphatic rings. The largest absolute Gasteiger partial charge is 0.418 e. The Morgan fingerprint density at radius 3 is 2.29 bits per heavy atom. The van der Waals surface area contributed by atoms with E-state index in [-0.39, 0.29) is 26.0 Å². The minimum absolute atomic E-state index is 0.0124. The SMILES string of the molecule is CCCCc1ccc(Cc2nc(N)c(N=Nc3c(Br)cc(Br)cc3C(F)(F)F)c(C)c2C#N)cc1. The molecule has 2 aromatic carbocycles. The Morgan fingerprint density at radius 2 is 1.69 bits per heavy atom. The van der Waals surface area contributed by atoms with Gasteiger partial charge in [0.1, 0.15) is 17.4 Å². The number of pyridine rings is 1. The molecule has 10 heteroatoms. The summed E-state index contributed by atoms with van der Waals surface area (Å²) in [5, 5.41) is 17.6. The highest BCUT2D eigenvalue weighted by molar-refractivity contribution is 9.11. The van der Waals surface area contributed by atoms with Crippen LogP contribution in [0, 0.1) is 18.3 Å². The Bertz CT molecular complexity index is 1300. The van der Waals surface area contributed by atoms with E-state index < -0.39 is 17.4 Å². The summed E-state index contributed by atoms with van der Waals surface area (Å²) < 4.78 is 40.9. The first-order valence-electron chi connectivity index (χ1n) is 10.8. The van der Waals surface area contributed by atoms with Crippen LogP contribution < -0.4 is 5.73 Å². The number of azo groups is 1. The zero-order valence-electron chi connectivity index (χ0n) is 19.0. The third-order valence-corrected chi connectivity index (χ3v) is 6.49. The van der Waals surface area contributed by atoms with Crippen LogP contribution in [0.3, 0.4) is 0 Å². The molecule has 1 heterocycles. The van der Waals surface area contributed by atoms with Gasteiger partial charge in [-0.15, -0.1) is 10.2 Å². The summed E-state index contributed by atoms with van der Waals surface area (Å²) in [4.78, 5) is 4.35.